The lowest BCUT2D eigenvalue weighted by Crippen LogP contribution is -2.28. The molecule has 1 unspecified atom stereocenters. The topological polar surface area (TPSA) is 110 Å². The molecule has 1 saturated heterocycles. The van der Waals surface area contributed by atoms with Crippen LogP contribution in [0.25, 0.3) is 0 Å². The number of aryl methyl sites for hydroxylation is 1. The summed E-state index contributed by atoms with van der Waals surface area (Å²) in [4.78, 5) is 43.3. The van der Waals surface area contributed by atoms with E-state index in [9.17, 15) is 14.4 Å². The minimum absolute atomic E-state index is 0.0232. The Balaban J connectivity index is 2.24. The predicted molar refractivity (Wildman–Crippen MR) is 66.2 cm³/mol. The van der Waals surface area contributed by atoms with Gasteiger partial charge in [-0.25, -0.2) is 14.8 Å². The van der Waals surface area contributed by atoms with Crippen LogP contribution in [0.5, 0.6) is 0 Å². The molecule has 0 aliphatic carbocycles. The van der Waals surface area contributed by atoms with Crippen LogP contribution < -0.4 is 4.90 Å². The van der Waals surface area contributed by atoms with Crippen molar-refractivity contribution in [2.75, 3.05) is 18.6 Å². The maximum Gasteiger partial charge on any atom is 0.339 e. The van der Waals surface area contributed by atoms with Crippen LogP contribution in [0.1, 0.15) is 22.5 Å². The van der Waals surface area contributed by atoms with E-state index in [2.05, 4.69) is 14.7 Å². The van der Waals surface area contributed by atoms with Gasteiger partial charge in [0, 0.05) is 19.2 Å². The summed E-state index contributed by atoms with van der Waals surface area (Å²) in [5.41, 5.74) is 0.238. The van der Waals surface area contributed by atoms with Crippen molar-refractivity contribution in [2.24, 2.45) is 5.92 Å². The summed E-state index contributed by atoms with van der Waals surface area (Å²) in [6, 6.07) is 0. The van der Waals surface area contributed by atoms with Crippen LogP contribution in [0.2, 0.25) is 0 Å². The zero-order valence-corrected chi connectivity index (χ0v) is 11.0. The van der Waals surface area contributed by atoms with Crippen molar-refractivity contribution >= 4 is 23.8 Å². The highest BCUT2D eigenvalue weighted by Gasteiger charge is 2.37. The smallest absolute Gasteiger partial charge is 0.339 e. The van der Waals surface area contributed by atoms with E-state index < -0.39 is 17.9 Å². The SMILES string of the molecule is COC(=O)C1CC(=O)N(c2ncc(C(=O)O)c(C)n2)C1. The fourth-order valence-corrected chi connectivity index (χ4v) is 2.02. The summed E-state index contributed by atoms with van der Waals surface area (Å²) in [5, 5.41) is 8.90. The Morgan fingerprint density at radius 1 is 1.50 bits per heavy atom. The molecular formula is C12H13N3O5. The average molecular weight is 279 g/mol. The number of aromatic nitrogens is 2. The molecule has 1 fully saturated rings. The lowest BCUT2D eigenvalue weighted by Gasteiger charge is -2.14. The Labute approximate surface area is 114 Å². The lowest BCUT2D eigenvalue weighted by atomic mass is 10.1. The molecule has 0 radical (unpaired) electrons. The van der Waals surface area contributed by atoms with Gasteiger partial charge in [0.05, 0.1) is 24.3 Å². The normalized spacial score (nSPS) is 18.2. The summed E-state index contributed by atoms with van der Waals surface area (Å²) in [5.74, 6) is -2.32. The predicted octanol–water partition coefficient (Wildman–Crippen LogP) is 0.00912. The van der Waals surface area contributed by atoms with E-state index in [1.165, 1.54) is 18.9 Å². The van der Waals surface area contributed by atoms with Crippen molar-refractivity contribution in [2.45, 2.75) is 13.3 Å². The van der Waals surface area contributed by atoms with Crippen molar-refractivity contribution in [1.82, 2.24) is 9.97 Å². The van der Waals surface area contributed by atoms with Crippen LogP contribution in [0, 0.1) is 12.8 Å². The Bertz CT molecular complexity index is 586. The van der Waals surface area contributed by atoms with E-state index in [1.807, 2.05) is 0 Å². The Kier molecular flexibility index (Phi) is 3.64. The van der Waals surface area contributed by atoms with Gasteiger partial charge in [0.15, 0.2) is 0 Å². The van der Waals surface area contributed by atoms with Crippen molar-refractivity contribution in [3.05, 3.63) is 17.5 Å². The molecule has 0 bridgehead atoms. The van der Waals surface area contributed by atoms with E-state index in [0.29, 0.717) is 0 Å². The van der Waals surface area contributed by atoms with Crippen LogP contribution in [0.15, 0.2) is 6.20 Å². The number of carboxylic acid groups (broad SMARTS) is 1. The Morgan fingerprint density at radius 3 is 2.75 bits per heavy atom. The number of hydrogen-bond donors (Lipinski definition) is 1. The second-order valence-electron chi connectivity index (χ2n) is 4.40. The third-order valence-electron chi connectivity index (χ3n) is 3.10. The first-order valence-electron chi connectivity index (χ1n) is 5.89. The summed E-state index contributed by atoms with van der Waals surface area (Å²) in [6.07, 6.45) is 1.19. The van der Waals surface area contributed by atoms with Gasteiger partial charge in [0.1, 0.15) is 0 Å². The Hall–Kier alpha value is -2.51. The number of nitrogens with zero attached hydrogens (tertiary/aromatic N) is 3. The molecule has 1 aromatic heterocycles. The lowest BCUT2D eigenvalue weighted by molar-refractivity contribution is -0.145. The maximum atomic E-state index is 11.9. The number of amides is 1. The van der Waals surface area contributed by atoms with E-state index in [-0.39, 0.29) is 36.1 Å². The molecule has 0 spiro atoms. The fraction of sp³-hybridized carbons (Fsp3) is 0.417. The maximum absolute atomic E-state index is 11.9. The number of anilines is 1. The first-order chi connectivity index (χ1) is 9.43. The molecule has 8 nitrogen and oxygen atoms in total. The first-order valence-corrected chi connectivity index (χ1v) is 5.89. The van der Waals surface area contributed by atoms with Gasteiger partial charge in [-0.05, 0) is 6.92 Å². The number of carbonyl (C=O) groups excluding carboxylic acids is 2. The van der Waals surface area contributed by atoms with Gasteiger partial charge in [0.2, 0.25) is 11.9 Å². The number of ether oxygens (including phenoxy) is 1. The second-order valence-corrected chi connectivity index (χ2v) is 4.40. The molecule has 1 aliphatic heterocycles. The van der Waals surface area contributed by atoms with Gasteiger partial charge in [0.25, 0.3) is 0 Å². The highest BCUT2D eigenvalue weighted by atomic mass is 16.5. The number of hydrogen-bond acceptors (Lipinski definition) is 6. The molecule has 0 aromatic carbocycles. The van der Waals surface area contributed by atoms with Crippen LogP contribution in [-0.2, 0) is 14.3 Å². The number of methoxy groups -OCH3 is 1. The fourth-order valence-electron chi connectivity index (χ4n) is 2.02. The molecule has 1 amide bonds. The molecule has 2 rings (SSSR count). The molecule has 1 N–H and O–H groups in total. The number of carbonyl (C=O) groups is 3. The van der Waals surface area contributed by atoms with Crippen LogP contribution in [0.3, 0.4) is 0 Å². The van der Waals surface area contributed by atoms with Crippen molar-refractivity contribution in [1.29, 1.82) is 0 Å². The third kappa shape index (κ3) is 2.44. The standard InChI is InChI=1S/C12H13N3O5/c1-6-8(10(17)18)4-13-12(14-6)15-5-7(3-9(15)16)11(19)20-2/h4,7H,3,5H2,1-2H3,(H,17,18). The summed E-state index contributed by atoms with van der Waals surface area (Å²) in [6.45, 7) is 1.66. The second kappa shape index (κ2) is 5.24. The number of carboxylic acids is 1. The summed E-state index contributed by atoms with van der Waals surface area (Å²) in [7, 11) is 1.26. The van der Waals surface area contributed by atoms with E-state index in [1.54, 1.807) is 0 Å². The molecule has 1 atom stereocenters. The van der Waals surface area contributed by atoms with Crippen LogP contribution >= 0.6 is 0 Å². The van der Waals surface area contributed by atoms with Gasteiger partial charge < -0.3 is 9.84 Å². The number of rotatable bonds is 3. The molecule has 0 saturated carbocycles. The van der Waals surface area contributed by atoms with Gasteiger partial charge in [-0.1, -0.05) is 0 Å². The minimum Gasteiger partial charge on any atom is -0.478 e. The largest absolute Gasteiger partial charge is 0.478 e. The zero-order valence-electron chi connectivity index (χ0n) is 11.0. The zero-order chi connectivity index (χ0) is 14.9. The third-order valence-corrected chi connectivity index (χ3v) is 3.10. The van der Waals surface area contributed by atoms with Crippen LogP contribution in [-0.4, -0.2) is 46.6 Å². The molecule has 1 aromatic rings. The molecule has 8 heteroatoms. The minimum atomic E-state index is -1.13. The van der Waals surface area contributed by atoms with Crippen molar-refractivity contribution in [3.63, 3.8) is 0 Å². The average Bonchev–Trinajstić information content (AvgIpc) is 2.79. The quantitative estimate of drug-likeness (QED) is 0.776. The number of esters is 1. The molecular weight excluding hydrogens is 266 g/mol. The van der Waals surface area contributed by atoms with E-state index in [4.69, 9.17) is 5.11 Å². The molecule has 1 aliphatic rings. The highest BCUT2D eigenvalue weighted by Crippen LogP contribution is 2.23. The number of aromatic carboxylic acids is 1. The summed E-state index contributed by atoms with van der Waals surface area (Å²) < 4.78 is 4.60. The highest BCUT2D eigenvalue weighted by molar-refractivity contribution is 5.98. The summed E-state index contributed by atoms with van der Waals surface area (Å²) >= 11 is 0. The van der Waals surface area contributed by atoms with E-state index >= 15 is 0 Å². The first kappa shape index (κ1) is 13.9. The monoisotopic (exact) mass is 279 g/mol. The molecule has 106 valence electrons. The van der Waals surface area contributed by atoms with Gasteiger partial charge in [-0.15, -0.1) is 0 Å². The van der Waals surface area contributed by atoms with Gasteiger partial charge >= 0.3 is 11.9 Å². The Morgan fingerprint density at radius 2 is 2.20 bits per heavy atom. The molecule has 2 heterocycles. The van der Waals surface area contributed by atoms with Crippen molar-refractivity contribution < 1.29 is 24.2 Å². The van der Waals surface area contributed by atoms with Crippen molar-refractivity contribution in [3.8, 4) is 0 Å². The molecule has 20 heavy (non-hydrogen) atoms. The van der Waals surface area contributed by atoms with E-state index in [0.717, 1.165) is 6.20 Å². The van der Waals surface area contributed by atoms with Gasteiger partial charge in [-0.3, -0.25) is 14.5 Å². The van der Waals surface area contributed by atoms with Crippen LogP contribution in [0.4, 0.5) is 5.95 Å². The van der Waals surface area contributed by atoms with Gasteiger partial charge in [-0.2, -0.15) is 0 Å².